The summed E-state index contributed by atoms with van der Waals surface area (Å²) in [7, 11) is 0. The first-order chi connectivity index (χ1) is 10.2. The fraction of sp³-hybridized carbons (Fsp3) is 0.471. The van der Waals surface area contributed by atoms with Crippen molar-refractivity contribution in [3.8, 4) is 0 Å². The van der Waals surface area contributed by atoms with E-state index >= 15 is 0 Å². The Labute approximate surface area is 135 Å². The number of hydrogen-bond acceptors (Lipinski definition) is 2. The molecule has 0 fully saturated rings. The summed E-state index contributed by atoms with van der Waals surface area (Å²) >= 11 is 3.54. The zero-order valence-corrected chi connectivity index (χ0v) is 14.7. The molecule has 0 saturated heterocycles. The largest absolute Gasteiger partial charge is 0.313 e. The lowest BCUT2D eigenvalue weighted by Crippen LogP contribution is -2.14. The quantitative estimate of drug-likeness (QED) is 0.820. The number of benzene rings is 1. The third kappa shape index (κ3) is 3.95. The predicted molar refractivity (Wildman–Crippen MR) is 91.6 cm³/mol. The van der Waals surface area contributed by atoms with Crippen molar-refractivity contribution in [2.24, 2.45) is 0 Å². The maximum Gasteiger partial charge on any atom is 0.0669 e. The van der Waals surface area contributed by atoms with Crippen molar-refractivity contribution >= 4 is 15.9 Å². The van der Waals surface area contributed by atoms with E-state index in [-0.39, 0.29) is 0 Å². The number of rotatable bonds is 7. The van der Waals surface area contributed by atoms with Crippen LogP contribution >= 0.6 is 15.9 Å². The van der Waals surface area contributed by atoms with Gasteiger partial charge in [-0.1, -0.05) is 48.8 Å². The summed E-state index contributed by atoms with van der Waals surface area (Å²) in [5.74, 6) is 0. The van der Waals surface area contributed by atoms with Crippen molar-refractivity contribution in [3.05, 3.63) is 51.3 Å². The highest BCUT2D eigenvalue weighted by molar-refractivity contribution is 9.10. The second kappa shape index (κ2) is 7.76. The van der Waals surface area contributed by atoms with E-state index in [9.17, 15) is 0 Å². The maximum atomic E-state index is 4.84. The van der Waals surface area contributed by atoms with Gasteiger partial charge in [0.1, 0.15) is 0 Å². The van der Waals surface area contributed by atoms with Crippen LogP contribution in [0.3, 0.4) is 0 Å². The number of aromatic nitrogens is 2. The van der Waals surface area contributed by atoms with Gasteiger partial charge in [-0.25, -0.2) is 0 Å². The predicted octanol–water partition coefficient (Wildman–Crippen LogP) is 3.93. The minimum Gasteiger partial charge on any atom is -0.313 e. The van der Waals surface area contributed by atoms with Crippen LogP contribution in [0.2, 0.25) is 0 Å². The lowest BCUT2D eigenvalue weighted by atomic mass is 10.1. The summed E-state index contributed by atoms with van der Waals surface area (Å²) in [6.45, 7) is 9.28. The Morgan fingerprint density at radius 1 is 1.19 bits per heavy atom. The number of nitrogens with one attached hydrogen (secondary N) is 1. The van der Waals surface area contributed by atoms with Gasteiger partial charge in [0.25, 0.3) is 0 Å². The van der Waals surface area contributed by atoms with E-state index in [1.165, 1.54) is 22.5 Å². The molecule has 0 saturated carbocycles. The fourth-order valence-electron chi connectivity index (χ4n) is 2.66. The van der Waals surface area contributed by atoms with E-state index < -0.39 is 0 Å². The topological polar surface area (TPSA) is 29.9 Å². The second-order valence-electron chi connectivity index (χ2n) is 5.15. The summed E-state index contributed by atoms with van der Waals surface area (Å²) in [6, 6.07) is 8.45. The highest BCUT2D eigenvalue weighted by atomic mass is 79.9. The van der Waals surface area contributed by atoms with Gasteiger partial charge in [-0.05, 0) is 37.1 Å². The SMILES string of the molecule is CCNCc1c(CC)nn(Cc2cccc(Br)c2)c1CC. The third-order valence-electron chi connectivity index (χ3n) is 3.69. The van der Waals surface area contributed by atoms with Crippen LogP contribution in [0.15, 0.2) is 28.7 Å². The Kier molecular flexibility index (Phi) is 6.00. The highest BCUT2D eigenvalue weighted by Crippen LogP contribution is 2.19. The zero-order chi connectivity index (χ0) is 15.2. The molecule has 2 rings (SSSR count). The van der Waals surface area contributed by atoms with Crippen LogP contribution in [0.1, 0.15) is 43.3 Å². The molecule has 114 valence electrons. The molecule has 0 spiro atoms. The molecule has 0 aliphatic rings. The van der Waals surface area contributed by atoms with Gasteiger partial charge in [-0.3, -0.25) is 4.68 Å². The van der Waals surface area contributed by atoms with E-state index in [1.54, 1.807) is 0 Å². The molecule has 21 heavy (non-hydrogen) atoms. The van der Waals surface area contributed by atoms with Crippen LogP contribution in [-0.4, -0.2) is 16.3 Å². The highest BCUT2D eigenvalue weighted by Gasteiger charge is 2.15. The molecule has 1 N–H and O–H groups in total. The third-order valence-corrected chi connectivity index (χ3v) is 4.19. The number of nitrogens with zero attached hydrogens (tertiary/aromatic N) is 2. The van der Waals surface area contributed by atoms with Gasteiger partial charge >= 0.3 is 0 Å². The van der Waals surface area contributed by atoms with Crippen LogP contribution in [0.4, 0.5) is 0 Å². The van der Waals surface area contributed by atoms with Crippen molar-refractivity contribution in [2.45, 2.75) is 46.7 Å². The smallest absolute Gasteiger partial charge is 0.0669 e. The summed E-state index contributed by atoms with van der Waals surface area (Å²) in [5.41, 5.74) is 5.24. The fourth-order valence-corrected chi connectivity index (χ4v) is 3.11. The second-order valence-corrected chi connectivity index (χ2v) is 6.06. The molecule has 1 heterocycles. The molecule has 2 aromatic rings. The molecule has 4 heteroatoms. The molecule has 3 nitrogen and oxygen atoms in total. The monoisotopic (exact) mass is 349 g/mol. The lowest BCUT2D eigenvalue weighted by molar-refractivity contribution is 0.637. The van der Waals surface area contributed by atoms with Gasteiger partial charge in [-0.15, -0.1) is 0 Å². The summed E-state index contributed by atoms with van der Waals surface area (Å²) in [4.78, 5) is 0. The molecule has 0 unspecified atom stereocenters. The summed E-state index contributed by atoms with van der Waals surface area (Å²) < 4.78 is 3.29. The van der Waals surface area contributed by atoms with Gasteiger partial charge in [0.2, 0.25) is 0 Å². The van der Waals surface area contributed by atoms with Crippen molar-refractivity contribution in [2.75, 3.05) is 6.54 Å². The number of aryl methyl sites for hydroxylation is 1. The van der Waals surface area contributed by atoms with Crippen LogP contribution < -0.4 is 5.32 Å². The van der Waals surface area contributed by atoms with Crippen LogP contribution in [0.5, 0.6) is 0 Å². The molecular weight excluding hydrogens is 326 g/mol. The minimum absolute atomic E-state index is 0.835. The minimum atomic E-state index is 0.835. The number of hydrogen-bond donors (Lipinski definition) is 1. The van der Waals surface area contributed by atoms with Gasteiger partial charge in [-0.2, -0.15) is 5.10 Å². The van der Waals surface area contributed by atoms with E-state index in [1.807, 2.05) is 0 Å². The molecule has 0 radical (unpaired) electrons. The van der Waals surface area contributed by atoms with E-state index in [0.717, 1.165) is 36.9 Å². The normalized spacial score (nSPS) is 11.0. The zero-order valence-electron chi connectivity index (χ0n) is 13.1. The summed E-state index contributed by atoms with van der Waals surface area (Å²) in [6.07, 6.45) is 2.00. The van der Waals surface area contributed by atoms with Crippen LogP contribution in [-0.2, 0) is 25.9 Å². The van der Waals surface area contributed by atoms with Crippen molar-refractivity contribution in [3.63, 3.8) is 0 Å². The van der Waals surface area contributed by atoms with E-state index in [0.29, 0.717) is 0 Å². The first-order valence-electron chi connectivity index (χ1n) is 7.72. The average molecular weight is 350 g/mol. The molecule has 0 bridgehead atoms. The lowest BCUT2D eigenvalue weighted by Gasteiger charge is -2.09. The van der Waals surface area contributed by atoms with Crippen molar-refractivity contribution in [1.29, 1.82) is 0 Å². The maximum absolute atomic E-state index is 4.84. The first kappa shape index (κ1) is 16.2. The van der Waals surface area contributed by atoms with Crippen LogP contribution in [0.25, 0.3) is 0 Å². The first-order valence-corrected chi connectivity index (χ1v) is 8.51. The summed E-state index contributed by atoms with van der Waals surface area (Å²) in [5, 5.41) is 8.28. The van der Waals surface area contributed by atoms with Gasteiger partial charge in [0.05, 0.1) is 12.2 Å². The molecule has 0 atom stereocenters. The molecular formula is C17H24BrN3. The van der Waals surface area contributed by atoms with Crippen molar-refractivity contribution < 1.29 is 0 Å². The Hall–Kier alpha value is -1.13. The van der Waals surface area contributed by atoms with Gasteiger partial charge in [0.15, 0.2) is 0 Å². The van der Waals surface area contributed by atoms with Crippen LogP contribution in [0, 0.1) is 0 Å². The standard InChI is InChI=1S/C17H24BrN3/c1-4-16-15(11-19-6-3)17(5-2)21(20-16)12-13-8-7-9-14(18)10-13/h7-10,19H,4-6,11-12H2,1-3H3. The molecule has 0 aliphatic heterocycles. The van der Waals surface area contributed by atoms with Gasteiger partial charge < -0.3 is 5.32 Å². The average Bonchev–Trinajstić information content (AvgIpc) is 2.81. The van der Waals surface area contributed by atoms with Crippen molar-refractivity contribution in [1.82, 2.24) is 15.1 Å². The van der Waals surface area contributed by atoms with E-state index in [4.69, 9.17) is 5.10 Å². The Bertz CT molecular complexity index is 590. The Balaban J connectivity index is 2.32. The Morgan fingerprint density at radius 3 is 2.62 bits per heavy atom. The van der Waals surface area contributed by atoms with E-state index in [2.05, 4.69) is 71.0 Å². The Morgan fingerprint density at radius 2 is 2.00 bits per heavy atom. The molecule has 1 aromatic heterocycles. The number of halogens is 1. The molecule has 0 amide bonds. The van der Waals surface area contributed by atoms with Gasteiger partial charge in [0, 0.05) is 22.3 Å². The molecule has 1 aromatic carbocycles. The molecule has 0 aliphatic carbocycles.